The van der Waals surface area contributed by atoms with Crippen molar-refractivity contribution in [3.8, 4) is 11.1 Å². The predicted octanol–water partition coefficient (Wildman–Crippen LogP) is 4.97. The van der Waals surface area contributed by atoms with E-state index in [0.29, 0.717) is 0 Å². The van der Waals surface area contributed by atoms with E-state index >= 15 is 0 Å². The lowest BCUT2D eigenvalue weighted by Crippen LogP contribution is -1.88. The summed E-state index contributed by atoms with van der Waals surface area (Å²) in [4.78, 5) is 11.0. The Labute approximate surface area is 121 Å². The number of benzene rings is 3. The molecule has 0 unspecified atom stereocenters. The van der Waals surface area contributed by atoms with Gasteiger partial charge >= 0.3 is 0 Å². The molecule has 0 aromatic heterocycles. The second kappa shape index (κ2) is 4.90. The first-order valence-electron chi connectivity index (χ1n) is 6.10. The highest BCUT2D eigenvalue weighted by molar-refractivity contribution is 7.80. The van der Waals surface area contributed by atoms with Crippen LogP contribution in [0, 0.1) is 10.1 Å². The molecule has 0 saturated heterocycles. The lowest BCUT2D eigenvalue weighted by molar-refractivity contribution is -0.384. The normalized spacial score (nSPS) is 10.6. The van der Waals surface area contributed by atoms with Gasteiger partial charge in [0.05, 0.1) is 9.82 Å². The molecule has 3 aromatic carbocycles. The van der Waals surface area contributed by atoms with Crippen LogP contribution in [-0.2, 0) is 0 Å². The van der Waals surface area contributed by atoms with Crippen molar-refractivity contribution in [3.05, 3.63) is 70.8 Å². The van der Waals surface area contributed by atoms with E-state index in [1.54, 1.807) is 12.1 Å². The van der Waals surface area contributed by atoms with Crippen LogP contribution in [0.25, 0.3) is 21.9 Å². The number of nitrogens with zero attached hydrogens (tertiary/aromatic N) is 1. The zero-order valence-electron chi connectivity index (χ0n) is 10.4. The van der Waals surface area contributed by atoms with Gasteiger partial charge in [-0.25, -0.2) is 0 Å². The standard InChI is InChI=1S/C16H10NO2S/c18-17(19)13-8-5-12(6-9-13)15-10-7-11-3-1-2-4-14(11)16(15)20/h1-10H. The number of fused-ring (bicyclic) bond motifs is 1. The molecule has 0 saturated carbocycles. The van der Waals surface area contributed by atoms with Crippen LogP contribution in [0.3, 0.4) is 0 Å². The summed E-state index contributed by atoms with van der Waals surface area (Å²) in [5, 5.41) is 12.8. The fourth-order valence-corrected chi connectivity index (χ4v) is 2.60. The number of nitro benzene ring substituents is 1. The van der Waals surface area contributed by atoms with E-state index in [9.17, 15) is 10.1 Å². The van der Waals surface area contributed by atoms with Gasteiger partial charge in [-0.05, 0) is 23.1 Å². The summed E-state index contributed by atoms with van der Waals surface area (Å²) in [6, 6.07) is 18.4. The fraction of sp³-hybridized carbons (Fsp3) is 0. The maximum atomic E-state index is 10.7. The summed E-state index contributed by atoms with van der Waals surface area (Å²) < 4.78 is 0. The molecule has 0 aliphatic heterocycles. The molecule has 0 spiro atoms. The lowest BCUT2D eigenvalue weighted by atomic mass is 10.0. The van der Waals surface area contributed by atoms with Gasteiger partial charge in [0.2, 0.25) is 0 Å². The predicted molar refractivity (Wildman–Crippen MR) is 81.9 cm³/mol. The van der Waals surface area contributed by atoms with Crippen LogP contribution in [0.1, 0.15) is 0 Å². The lowest BCUT2D eigenvalue weighted by Gasteiger charge is -2.08. The Morgan fingerprint density at radius 2 is 1.60 bits per heavy atom. The highest BCUT2D eigenvalue weighted by Crippen LogP contribution is 2.33. The minimum Gasteiger partial charge on any atom is -0.258 e. The molecule has 97 valence electrons. The summed E-state index contributed by atoms with van der Waals surface area (Å²) >= 11 is 5.53. The van der Waals surface area contributed by atoms with Crippen molar-refractivity contribution in [3.63, 3.8) is 0 Å². The van der Waals surface area contributed by atoms with Crippen molar-refractivity contribution < 1.29 is 4.92 Å². The van der Waals surface area contributed by atoms with Crippen LogP contribution >= 0.6 is 12.6 Å². The third kappa shape index (κ3) is 2.10. The molecule has 0 heterocycles. The highest BCUT2D eigenvalue weighted by Gasteiger charge is 2.09. The number of hydrogen-bond donors (Lipinski definition) is 0. The monoisotopic (exact) mass is 280 g/mol. The van der Waals surface area contributed by atoms with E-state index in [0.717, 1.165) is 26.8 Å². The van der Waals surface area contributed by atoms with Crippen molar-refractivity contribution in [2.45, 2.75) is 4.90 Å². The second-order valence-electron chi connectivity index (χ2n) is 4.47. The Bertz CT molecular complexity index is 797. The van der Waals surface area contributed by atoms with E-state index < -0.39 is 4.92 Å². The molecule has 3 nitrogen and oxygen atoms in total. The number of hydrogen-bond acceptors (Lipinski definition) is 2. The molecule has 3 rings (SSSR count). The average Bonchev–Trinajstić information content (AvgIpc) is 2.48. The third-order valence-electron chi connectivity index (χ3n) is 3.27. The first-order valence-corrected chi connectivity index (χ1v) is 6.51. The molecule has 1 radical (unpaired) electrons. The van der Waals surface area contributed by atoms with Crippen molar-refractivity contribution >= 4 is 29.1 Å². The number of nitro groups is 1. The van der Waals surface area contributed by atoms with E-state index in [2.05, 4.69) is 0 Å². The Hall–Kier alpha value is -2.46. The van der Waals surface area contributed by atoms with Gasteiger partial charge in [-0.3, -0.25) is 10.1 Å². The largest absolute Gasteiger partial charge is 0.269 e. The maximum absolute atomic E-state index is 10.7. The van der Waals surface area contributed by atoms with Crippen LogP contribution in [0.2, 0.25) is 0 Å². The molecule has 0 bridgehead atoms. The molecule has 3 aromatic rings. The van der Waals surface area contributed by atoms with Crippen LogP contribution in [0.15, 0.2) is 65.6 Å². The zero-order chi connectivity index (χ0) is 14.1. The molecule has 4 heteroatoms. The van der Waals surface area contributed by atoms with Crippen molar-refractivity contribution in [2.24, 2.45) is 0 Å². The Balaban J connectivity index is 2.14. The van der Waals surface area contributed by atoms with Gasteiger partial charge in [0.1, 0.15) is 0 Å². The second-order valence-corrected chi connectivity index (χ2v) is 4.88. The van der Waals surface area contributed by atoms with Crippen LogP contribution < -0.4 is 0 Å². The third-order valence-corrected chi connectivity index (χ3v) is 3.71. The molecule has 0 atom stereocenters. The summed E-state index contributed by atoms with van der Waals surface area (Å²) in [5.41, 5.74) is 1.90. The first kappa shape index (κ1) is 12.6. The first-order chi connectivity index (χ1) is 9.66. The van der Waals surface area contributed by atoms with Crippen LogP contribution in [0.5, 0.6) is 0 Å². The Morgan fingerprint density at radius 3 is 2.30 bits per heavy atom. The topological polar surface area (TPSA) is 43.1 Å². The average molecular weight is 280 g/mol. The summed E-state index contributed by atoms with van der Waals surface area (Å²) in [7, 11) is 0. The molecular weight excluding hydrogens is 270 g/mol. The van der Waals surface area contributed by atoms with Gasteiger partial charge in [-0.2, -0.15) is 0 Å². The number of rotatable bonds is 2. The van der Waals surface area contributed by atoms with Gasteiger partial charge < -0.3 is 0 Å². The smallest absolute Gasteiger partial charge is 0.258 e. The Kier molecular flexibility index (Phi) is 3.08. The summed E-state index contributed by atoms with van der Waals surface area (Å²) in [6.07, 6.45) is 0. The van der Waals surface area contributed by atoms with Crippen molar-refractivity contribution in [1.82, 2.24) is 0 Å². The quantitative estimate of drug-likeness (QED) is 0.491. The molecule has 0 N–H and O–H groups in total. The molecule has 0 aliphatic carbocycles. The van der Waals surface area contributed by atoms with Crippen LogP contribution in [-0.4, -0.2) is 4.92 Å². The maximum Gasteiger partial charge on any atom is 0.269 e. The minimum absolute atomic E-state index is 0.0838. The fourth-order valence-electron chi connectivity index (χ4n) is 2.23. The van der Waals surface area contributed by atoms with Crippen molar-refractivity contribution in [2.75, 3.05) is 0 Å². The van der Waals surface area contributed by atoms with Gasteiger partial charge in [-0.15, -0.1) is 0 Å². The Morgan fingerprint density at radius 1 is 0.900 bits per heavy atom. The van der Waals surface area contributed by atoms with Crippen LogP contribution in [0.4, 0.5) is 5.69 Å². The van der Waals surface area contributed by atoms with Gasteiger partial charge in [0, 0.05) is 23.1 Å². The SMILES string of the molecule is O=[N+]([O-])c1ccc(-c2ccc3ccccc3c2[S])cc1. The summed E-state index contributed by atoms with van der Waals surface area (Å²) in [5.74, 6) is 0. The molecule has 20 heavy (non-hydrogen) atoms. The van der Waals surface area contributed by atoms with Crippen molar-refractivity contribution in [1.29, 1.82) is 0 Å². The van der Waals surface area contributed by atoms with E-state index in [4.69, 9.17) is 12.6 Å². The summed E-state index contributed by atoms with van der Waals surface area (Å²) in [6.45, 7) is 0. The molecular formula is C16H10NO2S. The van der Waals surface area contributed by atoms with E-state index in [-0.39, 0.29) is 5.69 Å². The highest BCUT2D eigenvalue weighted by atomic mass is 32.1. The molecule has 0 aliphatic rings. The minimum atomic E-state index is -0.404. The van der Waals surface area contributed by atoms with E-state index in [1.807, 2.05) is 36.4 Å². The van der Waals surface area contributed by atoms with Gasteiger partial charge in [0.25, 0.3) is 5.69 Å². The van der Waals surface area contributed by atoms with Gasteiger partial charge in [-0.1, -0.05) is 49.0 Å². The van der Waals surface area contributed by atoms with E-state index in [1.165, 1.54) is 12.1 Å². The zero-order valence-corrected chi connectivity index (χ0v) is 11.3. The molecule has 0 fully saturated rings. The molecule has 0 amide bonds. The number of non-ortho nitro benzene ring substituents is 1. The van der Waals surface area contributed by atoms with Gasteiger partial charge in [0.15, 0.2) is 0 Å².